The van der Waals surface area contributed by atoms with Crippen LogP contribution in [-0.2, 0) is 4.79 Å². The highest BCUT2D eigenvalue weighted by Crippen LogP contribution is 2.31. The Kier molecular flexibility index (Phi) is 3.26. The molecular formula is C9H14N2O2. The molecule has 3 atom stereocenters. The average molecular weight is 182 g/mol. The van der Waals surface area contributed by atoms with Crippen LogP contribution in [0.4, 0.5) is 0 Å². The summed E-state index contributed by atoms with van der Waals surface area (Å²) in [6.45, 7) is 0. The molecule has 72 valence electrons. The van der Waals surface area contributed by atoms with Gasteiger partial charge < -0.3 is 10.8 Å². The quantitative estimate of drug-likeness (QED) is 0.659. The lowest BCUT2D eigenvalue weighted by Gasteiger charge is -2.29. The summed E-state index contributed by atoms with van der Waals surface area (Å²) in [6, 6.07) is 1.28. The van der Waals surface area contributed by atoms with Crippen LogP contribution in [0.5, 0.6) is 0 Å². The predicted molar refractivity (Wildman–Crippen MR) is 46.7 cm³/mol. The Bertz CT molecular complexity index is 234. The largest absolute Gasteiger partial charge is 0.480 e. The molecule has 3 N–H and O–H groups in total. The molecule has 0 radical (unpaired) electrons. The molecule has 0 amide bonds. The van der Waals surface area contributed by atoms with Crippen molar-refractivity contribution in [3.05, 3.63) is 0 Å². The Morgan fingerprint density at radius 3 is 2.69 bits per heavy atom. The van der Waals surface area contributed by atoms with E-state index in [-0.39, 0.29) is 11.8 Å². The van der Waals surface area contributed by atoms with Gasteiger partial charge in [0, 0.05) is 5.92 Å². The molecule has 0 aromatic rings. The lowest BCUT2D eigenvalue weighted by molar-refractivity contribution is -0.140. The van der Waals surface area contributed by atoms with E-state index in [1.54, 1.807) is 0 Å². The summed E-state index contributed by atoms with van der Waals surface area (Å²) < 4.78 is 0. The van der Waals surface area contributed by atoms with E-state index in [9.17, 15) is 4.79 Å². The van der Waals surface area contributed by atoms with Crippen LogP contribution in [0.15, 0.2) is 0 Å². The smallest absolute Gasteiger partial charge is 0.320 e. The molecule has 13 heavy (non-hydrogen) atoms. The first-order valence-corrected chi connectivity index (χ1v) is 4.55. The molecule has 0 aliphatic heterocycles. The lowest BCUT2D eigenvalue weighted by atomic mass is 9.76. The number of nitrogens with zero attached hydrogens (tertiary/aromatic N) is 1. The van der Waals surface area contributed by atoms with Crippen LogP contribution in [-0.4, -0.2) is 17.1 Å². The Hall–Kier alpha value is -1.08. The maximum atomic E-state index is 10.6. The van der Waals surface area contributed by atoms with Gasteiger partial charge in [0.2, 0.25) is 0 Å². The van der Waals surface area contributed by atoms with Gasteiger partial charge in [-0.15, -0.1) is 0 Å². The van der Waals surface area contributed by atoms with Gasteiger partial charge in [0.15, 0.2) is 0 Å². The second kappa shape index (κ2) is 4.24. The summed E-state index contributed by atoms with van der Waals surface area (Å²) >= 11 is 0. The molecule has 0 aromatic carbocycles. The van der Waals surface area contributed by atoms with Crippen molar-refractivity contribution in [1.82, 2.24) is 0 Å². The Morgan fingerprint density at radius 2 is 2.15 bits per heavy atom. The molecule has 3 unspecified atom stereocenters. The third kappa shape index (κ3) is 2.19. The lowest BCUT2D eigenvalue weighted by Crippen LogP contribution is -2.42. The first-order chi connectivity index (χ1) is 6.16. The van der Waals surface area contributed by atoms with Crippen LogP contribution in [0, 0.1) is 23.2 Å². The van der Waals surface area contributed by atoms with Crippen molar-refractivity contribution in [3.63, 3.8) is 0 Å². The molecule has 0 bridgehead atoms. The maximum absolute atomic E-state index is 10.6. The van der Waals surface area contributed by atoms with Crippen molar-refractivity contribution >= 4 is 5.97 Å². The zero-order valence-corrected chi connectivity index (χ0v) is 7.44. The number of carbonyl (C=O) groups is 1. The zero-order valence-electron chi connectivity index (χ0n) is 7.44. The highest BCUT2D eigenvalue weighted by atomic mass is 16.4. The van der Waals surface area contributed by atoms with Crippen molar-refractivity contribution in [2.45, 2.75) is 31.7 Å². The van der Waals surface area contributed by atoms with E-state index in [1.165, 1.54) is 0 Å². The number of carboxylic acid groups (broad SMARTS) is 1. The van der Waals surface area contributed by atoms with Gasteiger partial charge in [0.05, 0.1) is 12.0 Å². The maximum Gasteiger partial charge on any atom is 0.320 e. The highest BCUT2D eigenvalue weighted by molar-refractivity contribution is 5.73. The average Bonchev–Trinajstić information content (AvgIpc) is 2.16. The number of rotatable bonds is 2. The number of nitrogens with two attached hydrogens (primary N) is 1. The van der Waals surface area contributed by atoms with Crippen LogP contribution >= 0.6 is 0 Å². The third-order valence-electron chi connectivity index (χ3n) is 2.73. The van der Waals surface area contributed by atoms with Crippen LogP contribution < -0.4 is 5.73 Å². The van der Waals surface area contributed by atoms with Gasteiger partial charge in [-0.25, -0.2) is 0 Å². The molecule has 0 aromatic heterocycles. The molecular weight excluding hydrogens is 168 g/mol. The number of nitriles is 1. The summed E-state index contributed by atoms with van der Waals surface area (Å²) in [5.41, 5.74) is 5.51. The molecule has 0 spiro atoms. The van der Waals surface area contributed by atoms with E-state index in [0.29, 0.717) is 0 Å². The summed E-state index contributed by atoms with van der Waals surface area (Å²) in [4.78, 5) is 10.6. The number of hydrogen-bond acceptors (Lipinski definition) is 3. The summed E-state index contributed by atoms with van der Waals surface area (Å²) in [5.74, 6) is -1.32. The molecule has 4 nitrogen and oxygen atoms in total. The molecule has 1 saturated carbocycles. The first kappa shape index (κ1) is 10.0. The highest BCUT2D eigenvalue weighted by Gasteiger charge is 2.33. The molecule has 0 saturated heterocycles. The van der Waals surface area contributed by atoms with Crippen LogP contribution in [0.25, 0.3) is 0 Å². The molecule has 4 heteroatoms. The van der Waals surface area contributed by atoms with Gasteiger partial charge in [-0.2, -0.15) is 5.26 Å². The first-order valence-electron chi connectivity index (χ1n) is 4.55. The second-order valence-corrected chi connectivity index (χ2v) is 3.55. The summed E-state index contributed by atoms with van der Waals surface area (Å²) in [5, 5.41) is 17.5. The van der Waals surface area contributed by atoms with Crippen molar-refractivity contribution in [2.75, 3.05) is 0 Å². The van der Waals surface area contributed by atoms with E-state index in [1.807, 2.05) is 0 Å². The van der Waals surface area contributed by atoms with Gasteiger partial charge in [-0.1, -0.05) is 12.8 Å². The van der Waals surface area contributed by atoms with Gasteiger partial charge in [-0.05, 0) is 12.8 Å². The van der Waals surface area contributed by atoms with Crippen LogP contribution in [0.1, 0.15) is 25.7 Å². The normalized spacial score (nSPS) is 30.5. The van der Waals surface area contributed by atoms with Gasteiger partial charge in [0.1, 0.15) is 6.04 Å². The SMILES string of the molecule is N#CC1CCCCC1C(N)C(=O)O. The van der Waals surface area contributed by atoms with E-state index in [4.69, 9.17) is 16.1 Å². The fraction of sp³-hybridized carbons (Fsp3) is 0.778. The Balaban J connectivity index is 2.65. The van der Waals surface area contributed by atoms with E-state index in [0.717, 1.165) is 25.7 Å². The van der Waals surface area contributed by atoms with Crippen molar-refractivity contribution in [3.8, 4) is 6.07 Å². The Morgan fingerprint density at radius 1 is 1.54 bits per heavy atom. The Labute approximate surface area is 77.3 Å². The minimum Gasteiger partial charge on any atom is -0.480 e. The molecule has 0 heterocycles. The van der Waals surface area contributed by atoms with Crippen molar-refractivity contribution < 1.29 is 9.90 Å². The fourth-order valence-electron chi connectivity index (χ4n) is 1.93. The standard InChI is InChI=1S/C9H14N2O2/c10-5-6-3-1-2-4-7(6)8(11)9(12)13/h6-8H,1-4,11H2,(H,12,13). The number of aliphatic carboxylic acids is 1. The molecule has 1 rings (SSSR count). The van der Waals surface area contributed by atoms with Gasteiger partial charge >= 0.3 is 5.97 Å². The van der Waals surface area contributed by atoms with Gasteiger partial charge in [0.25, 0.3) is 0 Å². The molecule has 1 aliphatic rings. The minimum atomic E-state index is -0.993. The third-order valence-corrected chi connectivity index (χ3v) is 2.73. The van der Waals surface area contributed by atoms with Crippen LogP contribution in [0.2, 0.25) is 0 Å². The summed E-state index contributed by atoms with van der Waals surface area (Å²) in [6.07, 6.45) is 3.57. The van der Waals surface area contributed by atoms with E-state index < -0.39 is 12.0 Å². The van der Waals surface area contributed by atoms with E-state index >= 15 is 0 Å². The van der Waals surface area contributed by atoms with E-state index in [2.05, 4.69) is 6.07 Å². The fourth-order valence-corrected chi connectivity index (χ4v) is 1.93. The zero-order chi connectivity index (χ0) is 9.84. The van der Waals surface area contributed by atoms with Gasteiger partial charge in [-0.3, -0.25) is 4.79 Å². The van der Waals surface area contributed by atoms with Crippen molar-refractivity contribution in [1.29, 1.82) is 5.26 Å². The summed E-state index contributed by atoms with van der Waals surface area (Å²) in [7, 11) is 0. The van der Waals surface area contributed by atoms with Crippen LogP contribution in [0.3, 0.4) is 0 Å². The second-order valence-electron chi connectivity index (χ2n) is 3.55. The minimum absolute atomic E-state index is 0.156. The number of hydrogen-bond donors (Lipinski definition) is 2. The topological polar surface area (TPSA) is 87.1 Å². The monoisotopic (exact) mass is 182 g/mol. The molecule has 1 fully saturated rings. The number of carboxylic acids is 1. The van der Waals surface area contributed by atoms with Crippen molar-refractivity contribution in [2.24, 2.45) is 17.6 Å². The molecule has 1 aliphatic carbocycles. The predicted octanol–water partition coefficient (Wildman–Crippen LogP) is 0.728.